The largest absolute Gasteiger partial charge is 0.490 e. The van der Waals surface area contributed by atoms with Crippen molar-refractivity contribution in [1.82, 2.24) is 0 Å². The van der Waals surface area contributed by atoms with Crippen LogP contribution in [-0.2, 0) is 0 Å². The summed E-state index contributed by atoms with van der Waals surface area (Å²) in [6.45, 7) is 4.05. The summed E-state index contributed by atoms with van der Waals surface area (Å²) in [6.07, 6.45) is 1.68. The van der Waals surface area contributed by atoms with Crippen molar-refractivity contribution < 1.29 is 9.53 Å². The molecule has 0 fully saturated rings. The van der Waals surface area contributed by atoms with Gasteiger partial charge in [-0.2, -0.15) is 0 Å². The van der Waals surface area contributed by atoms with Crippen LogP contribution in [0.25, 0.3) is 0 Å². The van der Waals surface area contributed by atoms with E-state index in [2.05, 4.69) is 27.8 Å². The van der Waals surface area contributed by atoms with Gasteiger partial charge in [-0.1, -0.05) is 34.7 Å². The van der Waals surface area contributed by atoms with E-state index in [0.29, 0.717) is 12.2 Å². The molecule has 2 aromatic carbocycles. The first-order valence-corrected chi connectivity index (χ1v) is 6.89. The van der Waals surface area contributed by atoms with E-state index in [1.54, 1.807) is 42.5 Å². The third-order valence-electron chi connectivity index (χ3n) is 2.57. The van der Waals surface area contributed by atoms with Crippen molar-refractivity contribution in [2.45, 2.75) is 0 Å². The zero-order valence-electron chi connectivity index (χ0n) is 10.8. The Labute approximate surface area is 126 Å². The highest BCUT2D eigenvalue weighted by atomic mass is 79.9. The summed E-state index contributed by atoms with van der Waals surface area (Å²) < 4.78 is 6.25. The quantitative estimate of drug-likeness (QED) is 0.831. The molecule has 0 radical (unpaired) electrons. The normalized spacial score (nSPS) is 9.85. The predicted molar refractivity (Wildman–Crippen MR) is 84.2 cm³/mol. The number of amides is 1. The summed E-state index contributed by atoms with van der Waals surface area (Å²) in [5, 5.41) is 2.83. The molecule has 1 N–H and O–H groups in total. The Morgan fingerprint density at radius 3 is 2.65 bits per heavy atom. The highest BCUT2D eigenvalue weighted by Gasteiger charge is 2.06. The van der Waals surface area contributed by atoms with Crippen molar-refractivity contribution in [1.29, 1.82) is 0 Å². The molecule has 0 saturated heterocycles. The van der Waals surface area contributed by atoms with Crippen molar-refractivity contribution in [3.05, 3.63) is 71.2 Å². The maximum absolute atomic E-state index is 12.0. The number of anilines is 1. The average molecular weight is 332 g/mol. The highest BCUT2D eigenvalue weighted by Crippen LogP contribution is 2.17. The second-order valence-electron chi connectivity index (χ2n) is 4.09. The number of hydrogen-bond acceptors (Lipinski definition) is 2. The third-order valence-corrected chi connectivity index (χ3v) is 3.06. The molecular formula is C16H14BrNO2. The predicted octanol–water partition coefficient (Wildman–Crippen LogP) is 4.27. The van der Waals surface area contributed by atoms with Gasteiger partial charge in [0.25, 0.3) is 5.91 Å². The van der Waals surface area contributed by atoms with E-state index in [1.807, 2.05) is 12.1 Å². The lowest BCUT2D eigenvalue weighted by atomic mass is 10.2. The zero-order valence-corrected chi connectivity index (χ0v) is 12.4. The SMILES string of the molecule is C=CCOc1ccc(NC(=O)c2cccc(Br)c2)cc1. The van der Waals surface area contributed by atoms with Crippen LogP contribution in [0.5, 0.6) is 5.75 Å². The molecule has 3 nitrogen and oxygen atoms in total. The van der Waals surface area contributed by atoms with Crippen LogP contribution in [-0.4, -0.2) is 12.5 Å². The smallest absolute Gasteiger partial charge is 0.255 e. The maximum Gasteiger partial charge on any atom is 0.255 e. The Morgan fingerprint density at radius 1 is 1.25 bits per heavy atom. The second kappa shape index (κ2) is 6.91. The van der Waals surface area contributed by atoms with Crippen molar-refractivity contribution in [3.8, 4) is 5.75 Å². The molecule has 0 unspecified atom stereocenters. The van der Waals surface area contributed by atoms with Gasteiger partial charge in [0.2, 0.25) is 0 Å². The molecule has 1 amide bonds. The van der Waals surface area contributed by atoms with Gasteiger partial charge in [0.05, 0.1) is 0 Å². The van der Waals surface area contributed by atoms with Gasteiger partial charge in [0.1, 0.15) is 12.4 Å². The topological polar surface area (TPSA) is 38.3 Å². The van der Waals surface area contributed by atoms with Crippen molar-refractivity contribution >= 4 is 27.5 Å². The molecule has 0 saturated carbocycles. The lowest BCUT2D eigenvalue weighted by Gasteiger charge is -2.07. The van der Waals surface area contributed by atoms with Gasteiger partial charge < -0.3 is 10.1 Å². The van der Waals surface area contributed by atoms with Gasteiger partial charge in [-0.05, 0) is 42.5 Å². The van der Waals surface area contributed by atoms with E-state index in [0.717, 1.165) is 15.9 Å². The fraction of sp³-hybridized carbons (Fsp3) is 0.0625. The third kappa shape index (κ3) is 3.96. The standard InChI is InChI=1S/C16H14BrNO2/c1-2-10-20-15-8-6-14(7-9-15)18-16(19)12-4-3-5-13(17)11-12/h2-9,11H,1,10H2,(H,18,19). The van der Waals surface area contributed by atoms with Crippen molar-refractivity contribution in [2.24, 2.45) is 0 Å². The Bertz CT molecular complexity index is 608. The molecule has 20 heavy (non-hydrogen) atoms. The number of hydrogen-bond donors (Lipinski definition) is 1. The first-order valence-electron chi connectivity index (χ1n) is 6.10. The van der Waals surface area contributed by atoms with Crippen LogP contribution < -0.4 is 10.1 Å². The lowest BCUT2D eigenvalue weighted by Crippen LogP contribution is -2.11. The molecule has 0 aromatic heterocycles. The fourth-order valence-corrected chi connectivity index (χ4v) is 2.02. The number of rotatable bonds is 5. The van der Waals surface area contributed by atoms with Crippen molar-refractivity contribution in [2.75, 3.05) is 11.9 Å². The summed E-state index contributed by atoms with van der Waals surface area (Å²) in [5.41, 5.74) is 1.33. The van der Waals surface area contributed by atoms with Gasteiger partial charge >= 0.3 is 0 Å². The number of ether oxygens (including phenoxy) is 1. The fourth-order valence-electron chi connectivity index (χ4n) is 1.62. The van der Waals surface area contributed by atoms with E-state index in [-0.39, 0.29) is 5.91 Å². The molecule has 2 rings (SSSR count). The summed E-state index contributed by atoms with van der Waals surface area (Å²) in [5.74, 6) is 0.594. The molecule has 4 heteroatoms. The number of carbonyl (C=O) groups is 1. The Hall–Kier alpha value is -2.07. The first kappa shape index (κ1) is 14.3. The minimum atomic E-state index is -0.147. The van der Waals surface area contributed by atoms with Gasteiger partial charge in [-0.3, -0.25) is 4.79 Å². The van der Waals surface area contributed by atoms with E-state index in [4.69, 9.17) is 4.74 Å². The average Bonchev–Trinajstić information content (AvgIpc) is 2.46. The molecule has 0 aliphatic carbocycles. The second-order valence-corrected chi connectivity index (χ2v) is 5.00. The summed E-state index contributed by atoms with van der Waals surface area (Å²) in [7, 11) is 0. The summed E-state index contributed by atoms with van der Waals surface area (Å²) in [4.78, 5) is 12.0. The van der Waals surface area contributed by atoms with Gasteiger partial charge in [0.15, 0.2) is 0 Å². The maximum atomic E-state index is 12.0. The van der Waals surface area contributed by atoms with Crippen LogP contribution in [0.15, 0.2) is 65.7 Å². The minimum absolute atomic E-state index is 0.147. The van der Waals surface area contributed by atoms with Crippen LogP contribution in [0.4, 0.5) is 5.69 Å². The van der Waals surface area contributed by atoms with Crippen LogP contribution in [0.2, 0.25) is 0 Å². The zero-order chi connectivity index (χ0) is 14.4. The minimum Gasteiger partial charge on any atom is -0.490 e. The van der Waals surface area contributed by atoms with E-state index in [1.165, 1.54) is 0 Å². The van der Waals surface area contributed by atoms with Crippen molar-refractivity contribution in [3.63, 3.8) is 0 Å². The summed E-state index contributed by atoms with van der Waals surface area (Å²) >= 11 is 3.34. The molecule has 102 valence electrons. The van der Waals surface area contributed by atoms with Crippen LogP contribution in [0.3, 0.4) is 0 Å². The number of nitrogens with one attached hydrogen (secondary N) is 1. The molecule has 0 spiro atoms. The van der Waals surface area contributed by atoms with Crippen LogP contribution in [0.1, 0.15) is 10.4 Å². The molecule has 0 heterocycles. The van der Waals surface area contributed by atoms with Gasteiger partial charge in [-0.25, -0.2) is 0 Å². The first-order chi connectivity index (χ1) is 9.69. The van der Waals surface area contributed by atoms with Crippen LogP contribution >= 0.6 is 15.9 Å². The monoisotopic (exact) mass is 331 g/mol. The molecule has 2 aromatic rings. The van der Waals surface area contributed by atoms with Gasteiger partial charge in [0, 0.05) is 15.7 Å². The van der Waals surface area contributed by atoms with E-state index in [9.17, 15) is 4.79 Å². The number of benzene rings is 2. The molecule has 0 atom stereocenters. The van der Waals surface area contributed by atoms with E-state index < -0.39 is 0 Å². The molecular weight excluding hydrogens is 318 g/mol. The summed E-state index contributed by atoms with van der Waals surface area (Å²) in [6, 6.07) is 14.5. The molecule has 0 bridgehead atoms. The number of halogens is 1. The molecule has 0 aliphatic rings. The Morgan fingerprint density at radius 2 is 2.00 bits per heavy atom. The van der Waals surface area contributed by atoms with E-state index >= 15 is 0 Å². The van der Waals surface area contributed by atoms with Gasteiger partial charge in [-0.15, -0.1) is 0 Å². The van der Waals surface area contributed by atoms with Crippen LogP contribution in [0, 0.1) is 0 Å². The number of carbonyl (C=O) groups excluding carboxylic acids is 1. The lowest BCUT2D eigenvalue weighted by molar-refractivity contribution is 0.102. The Kier molecular flexibility index (Phi) is 4.96. The molecule has 0 aliphatic heterocycles. The Balaban J connectivity index is 2.02. The highest BCUT2D eigenvalue weighted by molar-refractivity contribution is 9.10.